The molecule has 2 N–H and O–H groups in total. The van der Waals surface area contributed by atoms with Crippen LogP contribution in [0.15, 0.2) is 29.5 Å². The number of carbonyl (C=O) groups excluding carboxylic acids is 3. The number of amides is 2. The molecule has 1 atom stereocenters. The number of hydrogen-bond donors (Lipinski definition) is 2. The van der Waals surface area contributed by atoms with Gasteiger partial charge >= 0.3 is 18.0 Å². The third-order valence-electron chi connectivity index (χ3n) is 4.16. The Morgan fingerprint density at radius 1 is 1.15 bits per heavy atom. The Labute approximate surface area is 152 Å². The lowest BCUT2D eigenvalue weighted by Crippen LogP contribution is -2.50. The molecule has 1 heterocycles. The van der Waals surface area contributed by atoms with Crippen molar-refractivity contribution >= 4 is 18.0 Å². The quantitative estimate of drug-likeness (QED) is 0.756. The normalized spacial score (nSPS) is 16.6. The topological polar surface area (TPSA) is 93.7 Å². The second-order valence-electron chi connectivity index (χ2n) is 6.19. The fourth-order valence-corrected chi connectivity index (χ4v) is 2.68. The Kier molecular flexibility index (Phi) is 6.38. The van der Waals surface area contributed by atoms with Crippen LogP contribution in [-0.4, -0.2) is 37.2 Å². The highest BCUT2D eigenvalue weighted by Gasteiger charge is 2.30. The summed E-state index contributed by atoms with van der Waals surface area (Å²) in [7, 11) is 0. The summed E-state index contributed by atoms with van der Waals surface area (Å²) in [5.41, 5.74) is 3.60. The van der Waals surface area contributed by atoms with Crippen LogP contribution in [0, 0.1) is 13.8 Å². The van der Waals surface area contributed by atoms with Gasteiger partial charge in [-0.05, 0) is 44.4 Å². The first-order valence-corrected chi connectivity index (χ1v) is 8.51. The van der Waals surface area contributed by atoms with Crippen molar-refractivity contribution in [1.82, 2.24) is 10.6 Å². The van der Waals surface area contributed by atoms with E-state index in [1.54, 1.807) is 13.8 Å². The number of urea groups is 1. The number of aryl methyl sites for hydroxylation is 2. The van der Waals surface area contributed by atoms with E-state index in [1.165, 1.54) is 0 Å². The van der Waals surface area contributed by atoms with Crippen molar-refractivity contribution < 1.29 is 23.9 Å². The Bertz CT molecular complexity index is 754. The van der Waals surface area contributed by atoms with E-state index in [0.29, 0.717) is 0 Å². The number of hydrogen-bond acceptors (Lipinski definition) is 5. The Morgan fingerprint density at radius 3 is 2.54 bits per heavy atom. The summed E-state index contributed by atoms with van der Waals surface area (Å²) >= 11 is 0. The number of ether oxygens (including phenoxy) is 2. The van der Waals surface area contributed by atoms with Gasteiger partial charge in [0.05, 0.1) is 30.3 Å². The molecule has 1 aromatic carbocycles. The van der Waals surface area contributed by atoms with Gasteiger partial charge in [0.2, 0.25) is 0 Å². The molecule has 0 radical (unpaired) electrons. The van der Waals surface area contributed by atoms with Crippen molar-refractivity contribution in [2.45, 2.75) is 40.2 Å². The first-order valence-electron chi connectivity index (χ1n) is 8.51. The Balaban J connectivity index is 2.07. The van der Waals surface area contributed by atoms with Crippen LogP contribution in [0.1, 0.15) is 30.5 Å². The lowest BCUT2D eigenvalue weighted by atomic mass is 10.0. The molecule has 0 bridgehead atoms. The van der Waals surface area contributed by atoms with Gasteiger partial charge in [0.25, 0.3) is 0 Å². The Morgan fingerprint density at radius 2 is 1.88 bits per heavy atom. The smallest absolute Gasteiger partial charge is 0.338 e. The third-order valence-corrected chi connectivity index (χ3v) is 4.16. The van der Waals surface area contributed by atoms with Crippen LogP contribution in [-0.2, 0) is 25.5 Å². The van der Waals surface area contributed by atoms with Gasteiger partial charge in [0.1, 0.15) is 6.61 Å². The van der Waals surface area contributed by atoms with E-state index >= 15 is 0 Å². The number of rotatable bonds is 6. The highest BCUT2D eigenvalue weighted by molar-refractivity contribution is 5.94. The molecule has 1 aliphatic rings. The van der Waals surface area contributed by atoms with E-state index < -0.39 is 24.0 Å². The van der Waals surface area contributed by atoms with E-state index in [0.717, 1.165) is 16.7 Å². The number of benzene rings is 1. The first-order chi connectivity index (χ1) is 12.3. The molecule has 0 unspecified atom stereocenters. The summed E-state index contributed by atoms with van der Waals surface area (Å²) in [6.07, 6.45) is 0.116. The third kappa shape index (κ3) is 4.84. The van der Waals surface area contributed by atoms with E-state index in [-0.39, 0.29) is 30.9 Å². The van der Waals surface area contributed by atoms with Crippen LogP contribution in [0.5, 0.6) is 0 Å². The molecule has 7 nitrogen and oxygen atoms in total. The Hall–Kier alpha value is -2.83. The summed E-state index contributed by atoms with van der Waals surface area (Å²) in [4.78, 5) is 35.9. The molecule has 140 valence electrons. The molecule has 1 aromatic rings. The van der Waals surface area contributed by atoms with E-state index in [4.69, 9.17) is 9.47 Å². The molecule has 0 aromatic heterocycles. The van der Waals surface area contributed by atoms with Crippen LogP contribution >= 0.6 is 0 Å². The summed E-state index contributed by atoms with van der Waals surface area (Å²) in [5.74, 6) is -0.989. The van der Waals surface area contributed by atoms with Crippen molar-refractivity contribution in [3.8, 4) is 0 Å². The van der Waals surface area contributed by atoms with Gasteiger partial charge in [0.15, 0.2) is 0 Å². The molecule has 0 fully saturated rings. The van der Waals surface area contributed by atoms with Gasteiger partial charge in [-0.25, -0.2) is 9.59 Å². The van der Waals surface area contributed by atoms with Crippen LogP contribution in [0.3, 0.4) is 0 Å². The van der Waals surface area contributed by atoms with Crippen LogP contribution in [0.25, 0.3) is 0 Å². The fourth-order valence-electron chi connectivity index (χ4n) is 2.68. The second kappa shape index (κ2) is 8.51. The number of carbonyl (C=O) groups is 3. The van der Waals surface area contributed by atoms with Gasteiger partial charge in [-0.3, -0.25) is 4.79 Å². The average molecular weight is 360 g/mol. The van der Waals surface area contributed by atoms with Gasteiger partial charge in [-0.2, -0.15) is 0 Å². The minimum Gasteiger partial charge on any atom is -0.463 e. The average Bonchev–Trinajstić information content (AvgIpc) is 2.56. The zero-order chi connectivity index (χ0) is 19.3. The first kappa shape index (κ1) is 19.5. The van der Waals surface area contributed by atoms with E-state index in [2.05, 4.69) is 10.6 Å². The zero-order valence-electron chi connectivity index (χ0n) is 15.5. The van der Waals surface area contributed by atoms with Crippen LogP contribution in [0.4, 0.5) is 4.79 Å². The molecule has 0 spiro atoms. The molecular formula is C19H24N2O5. The lowest BCUT2D eigenvalue weighted by molar-refractivity contribution is -0.143. The largest absolute Gasteiger partial charge is 0.463 e. The maximum Gasteiger partial charge on any atom is 0.338 e. The maximum absolute atomic E-state index is 12.1. The molecule has 0 saturated carbocycles. The molecule has 0 saturated heterocycles. The fraction of sp³-hybridized carbons (Fsp3) is 0.421. The zero-order valence-corrected chi connectivity index (χ0v) is 15.5. The van der Waals surface area contributed by atoms with Crippen molar-refractivity contribution in [3.63, 3.8) is 0 Å². The number of esters is 2. The van der Waals surface area contributed by atoms with Crippen molar-refractivity contribution in [3.05, 3.63) is 46.2 Å². The lowest BCUT2D eigenvalue weighted by Gasteiger charge is -2.26. The minimum atomic E-state index is -0.548. The van der Waals surface area contributed by atoms with Crippen molar-refractivity contribution in [2.75, 3.05) is 13.2 Å². The standard InChI is InChI=1S/C19H24N2O5/c1-5-25-18(23)17-13(4)20-19(24)21-15(17)10-26-16(22)9-14-7-6-11(2)12(3)8-14/h6-8,13H,5,9-10H2,1-4H3,(H2,20,21,24)/t13-/m0/s1. The van der Waals surface area contributed by atoms with Crippen molar-refractivity contribution in [1.29, 1.82) is 0 Å². The molecule has 2 rings (SSSR count). The molecule has 0 aliphatic carbocycles. The second-order valence-corrected chi connectivity index (χ2v) is 6.19. The summed E-state index contributed by atoms with van der Waals surface area (Å²) in [5, 5.41) is 5.11. The highest BCUT2D eigenvalue weighted by atomic mass is 16.5. The maximum atomic E-state index is 12.1. The van der Waals surface area contributed by atoms with E-state index in [1.807, 2.05) is 32.0 Å². The number of nitrogens with one attached hydrogen (secondary N) is 2. The van der Waals surface area contributed by atoms with Gasteiger partial charge in [0, 0.05) is 0 Å². The van der Waals surface area contributed by atoms with E-state index in [9.17, 15) is 14.4 Å². The summed E-state index contributed by atoms with van der Waals surface area (Å²) in [6, 6.07) is 4.78. The predicted octanol–water partition coefficient (Wildman–Crippen LogP) is 1.91. The van der Waals surface area contributed by atoms with Crippen LogP contribution < -0.4 is 10.6 Å². The SMILES string of the molecule is CCOC(=O)C1=C(COC(=O)Cc2ccc(C)c(C)c2)NC(=O)N[C@H]1C. The van der Waals surface area contributed by atoms with Crippen molar-refractivity contribution in [2.24, 2.45) is 0 Å². The van der Waals surface area contributed by atoms with Gasteiger partial charge < -0.3 is 20.1 Å². The molecular weight excluding hydrogens is 336 g/mol. The van der Waals surface area contributed by atoms with Crippen LogP contribution in [0.2, 0.25) is 0 Å². The van der Waals surface area contributed by atoms with Gasteiger partial charge in [-0.1, -0.05) is 18.2 Å². The molecule has 7 heteroatoms. The summed E-state index contributed by atoms with van der Waals surface area (Å²) in [6.45, 7) is 7.36. The highest BCUT2D eigenvalue weighted by Crippen LogP contribution is 2.15. The molecule has 2 amide bonds. The van der Waals surface area contributed by atoms with Gasteiger partial charge in [-0.15, -0.1) is 0 Å². The molecule has 26 heavy (non-hydrogen) atoms. The minimum absolute atomic E-state index is 0.116. The summed E-state index contributed by atoms with van der Waals surface area (Å²) < 4.78 is 10.3. The monoisotopic (exact) mass is 360 g/mol. The molecule has 1 aliphatic heterocycles. The predicted molar refractivity (Wildman–Crippen MR) is 95.4 cm³/mol.